The van der Waals surface area contributed by atoms with Gasteiger partial charge in [-0.15, -0.1) is 11.8 Å². The fourth-order valence-electron chi connectivity index (χ4n) is 0.882. The molecule has 1 aromatic carbocycles. The molecule has 0 bridgehead atoms. The first-order valence-corrected chi connectivity index (χ1v) is 4.58. The van der Waals surface area contributed by atoms with E-state index in [9.17, 15) is 0 Å². The van der Waals surface area contributed by atoms with Crippen molar-refractivity contribution < 1.29 is 0 Å². The van der Waals surface area contributed by atoms with Gasteiger partial charge in [0, 0.05) is 10.6 Å². The fourth-order valence-corrected chi connectivity index (χ4v) is 1.62. The number of hydrogen-bond acceptors (Lipinski definition) is 3. The molecule has 3 heteroatoms. The Morgan fingerprint density at radius 3 is 3.00 bits per heavy atom. The van der Waals surface area contributed by atoms with Crippen LogP contribution in [0.2, 0.25) is 0 Å². The van der Waals surface area contributed by atoms with E-state index in [0.717, 1.165) is 10.6 Å². The van der Waals surface area contributed by atoms with E-state index in [4.69, 9.17) is 11.0 Å². The Bertz CT molecular complexity index is 315. The van der Waals surface area contributed by atoms with Crippen molar-refractivity contribution in [1.82, 2.24) is 0 Å². The predicted octanol–water partition coefficient (Wildman–Crippen LogP) is 2.19. The van der Waals surface area contributed by atoms with Crippen LogP contribution in [-0.4, -0.2) is 5.75 Å². The Balaban J connectivity index is 2.84. The maximum atomic E-state index is 8.39. The van der Waals surface area contributed by atoms with E-state index in [1.165, 1.54) is 17.3 Å². The van der Waals surface area contributed by atoms with Crippen molar-refractivity contribution in [3.63, 3.8) is 0 Å². The van der Waals surface area contributed by atoms with E-state index in [2.05, 4.69) is 6.07 Å². The second kappa shape index (κ2) is 4.03. The number of nitrogen functional groups attached to an aromatic ring is 1. The van der Waals surface area contributed by atoms with Gasteiger partial charge in [0.25, 0.3) is 0 Å². The van der Waals surface area contributed by atoms with Gasteiger partial charge >= 0.3 is 0 Å². The lowest BCUT2D eigenvalue weighted by Gasteiger charge is -2.02. The predicted molar refractivity (Wildman–Crippen MR) is 51.9 cm³/mol. The normalized spacial score (nSPS) is 9.33. The van der Waals surface area contributed by atoms with Crippen molar-refractivity contribution >= 4 is 17.4 Å². The Kier molecular flexibility index (Phi) is 3.01. The molecule has 0 radical (unpaired) electrons. The summed E-state index contributed by atoms with van der Waals surface area (Å²) in [4.78, 5) is 1.09. The number of nitrogens with two attached hydrogens (primary N) is 1. The number of anilines is 1. The van der Waals surface area contributed by atoms with Gasteiger partial charge in [0.05, 0.1) is 11.8 Å². The molecule has 0 atom stereocenters. The van der Waals surface area contributed by atoms with Gasteiger partial charge in [-0.3, -0.25) is 0 Å². The van der Waals surface area contributed by atoms with Crippen LogP contribution < -0.4 is 5.73 Å². The minimum atomic E-state index is 0.476. The maximum Gasteiger partial charge on any atom is 0.0855 e. The minimum Gasteiger partial charge on any atom is -0.399 e. The molecule has 0 saturated heterocycles. The van der Waals surface area contributed by atoms with Gasteiger partial charge in [0.2, 0.25) is 0 Å². The highest BCUT2D eigenvalue weighted by atomic mass is 32.2. The molecule has 0 aliphatic rings. The average molecular weight is 178 g/mol. The smallest absolute Gasteiger partial charge is 0.0855 e. The molecule has 0 saturated carbocycles. The van der Waals surface area contributed by atoms with Crippen molar-refractivity contribution in [2.24, 2.45) is 0 Å². The van der Waals surface area contributed by atoms with Gasteiger partial charge in [-0.1, -0.05) is 6.07 Å². The topological polar surface area (TPSA) is 49.8 Å². The van der Waals surface area contributed by atoms with Crippen LogP contribution in [0.25, 0.3) is 0 Å². The SMILES string of the molecule is Cc1ccc(N)cc1SCC#N. The van der Waals surface area contributed by atoms with Crippen molar-refractivity contribution in [1.29, 1.82) is 5.26 Å². The maximum absolute atomic E-state index is 8.39. The third-order valence-electron chi connectivity index (χ3n) is 1.50. The van der Waals surface area contributed by atoms with E-state index < -0.39 is 0 Å². The third kappa shape index (κ3) is 2.18. The summed E-state index contributed by atoms with van der Waals surface area (Å²) in [5.41, 5.74) is 7.52. The average Bonchev–Trinajstić information content (AvgIpc) is 2.07. The zero-order valence-electron chi connectivity index (χ0n) is 6.87. The summed E-state index contributed by atoms with van der Waals surface area (Å²) in [5.74, 6) is 0.476. The van der Waals surface area contributed by atoms with E-state index in [0.29, 0.717) is 5.75 Å². The highest BCUT2D eigenvalue weighted by Crippen LogP contribution is 2.23. The zero-order valence-corrected chi connectivity index (χ0v) is 7.69. The molecule has 1 aromatic rings. The number of hydrogen-bond donors (Lipinski definition) is 1. The Labute approximate surface area is 76.4 Å². The molecule has 0 aliphatic carbocycles. The molecule has 0 unspecified atom stereocenters. The van der Waals surface area contributed by atoms with Crippen LogP contribution in [0.1, 0.15) is 5.56 Å². The van der Waals surface area contributed by atoms with Crippen LogP contribution in [-0.2, 0) is 0 Å². The van der Waals surface area contributed by atoms with Gasteiger partial charge in [-0.2, -0.15) is 5.26 Å². The van der Waals surface area contributed by atoms with Crippen molar-refractivity contribution in [2.45, 2.75) is 11.8 Å². The Morgan fingerprint density at radius 2 is 2.33 bits per heavy atom. The van der Waals surface area contributed by atoms with E-state index >= 15 is 0 Å². The van der Waals surface area contributed by atoms with Gasteiger partial charge in [-0.25, -0.2) is 0 Å². The fraction of sp³-hybridized carbons (Fsp3) is 0.222. The van der Waals surface area contributed by atoms with Gasteiger partial charge in [0.15, 0.2) is 0 Å². The first-order chi connectivity index (χ1) is 5.74. The molecule has 2 N–H and O–H groups in total. The number of benzene rings is 1. The summed E-state index contributed by atoms with van der Waals surface area (Å²) in [5, 5.41) is 8.39. The van der Waals surface area contributed by atoms with Crippen LogP contribution in [0.3, 0.4) is 0 Å². The molecular weight excluding hydrogens is 168 g/mol. The molecule has 0 aromatic heterocycles. The zero-order chi connectivity index (χ0) is 8.97. The lowest BCUT2D eigenvalue weighted by Crippen LogP contribution is -1.87. The van der Waals surface area contributed by atoms with Gasteiger partial charge in [-0.05, 0) is 24.6 Å². The van der Waals surface area contributed by atoms with Crippen molar-refractivity contribution in [3.05, 3.63) is 23.8 Å². The standard InChI is InChI=1S/C9H10N2S/c1-7-2-3-8(11)6-9(7)12-5-4-10/h2-3,6H,5,11H2,1H3. The molecule has 0 fully saturated rings. The summed E-state index contributed by atoms with van der Waals surface area (Å²) in [6, 6.07) is 7.82. The van der Waals surface area contributed by atoms with Crippen LogP contribution in [0.4, 0.5) is 5.69 Å². The first kappa shape index (κ1) is 8.95. The molecule has 0 spiro atoms. The number of rotatable bonds is 2. The van der Waals surface area contributed by atoms with Gasteiger partial charge in [0.1, 0.15) is 0 Å². The summed E-state index contributed by atoms with van der Waals surface area (Å²) >= 11 is 1.52. The number of thioether (sulfide) groups is 1. The molecule has 0 aliphatic heterocycles. The third-order valence-corrected chi connectivity index (χ3v) is 2.53. The highest BCUT2D eigenvalue weighted by Gasteiger charge is 1.98. The largest absolute Gasteiger partial charge is 0.399 e. The summed E-state index contributed by atoms with van der Waals surface area (Å²) < 4.78 is 0. The molecule has 2 nitrogen and oxygen atoms in total. The van der Waals surface area contributed by atoms with Gasteiger partial charge < -0.3 is 5.73 Å². The second-order valence-electron chi connectivity index (χ2n) is 2.47. The molecular formula is C9H10N2S. The van der Waals surface area contributed by atoms with E-state index in [-0.39, 0.29) is 0 Å². The van der Waals surface area contributed by atoms with E-state index in [1.807, 2.05) is 25.1 Å². The molecule has 62 valence electrons. The highest BCUT2D eigenvalue weighted by molar-refractivity contribution is 7.99. The molecule has 0 heterocycles. The molecule has 1 rings (SSSR count). The monoisotopic (exact) mass is 178 g/mol. The Hall–Kier alpha value is -1.14. The Morgan fingerprint density at radius 1 is 1.58 bits per heavy atom. The van der Waals surface area contributed by atoms with Crippen molar-refractivity contribution in [3.8, 4) is 6.07 Å². The molecule has 12 heavy (non-hydrogen) atoms. The van der Waals surface area contributed by atoms with E-state index in [1.54, 1.807) is 0 Å². The lowest BCUT2D eigenvalue weighted by atomic mass is 10.2. The number of aryl methyl sites for hydroxylation is 1. The van der Waals surface area contributed by atoms with Crippen LogP contribution in [0, 0.1) is 18.3 Å². The lowest BCUT2D eigenvalue weighted by molar-refractivity contribution is 1.30. The first-order valence-electron chi connectivity index (χ1n) is 3.60. The molecule has 0 amide bonds. The summed E-state index contributed by atoms with van der Waals surface area (Å²) in [7, 11) is 0. The van der Waals surface area contributed by atoms with Crippen LogP contribution in [0.5, 0.6) is 0 Å². The summed E-state index contributed by atoms with van der Waals surface area (Å²) in [6.45, 7) is 2.01. The summed E-state index contributed by atoms with van der Waals surface area (Å²) in [6.07, 6.45) is 0. The van der Waals surface area contributed by atoms with Crippen LogP contribution >= 0.6 is 11.8 Å². The van der Waals surface area contributed by atoms with Crippen LogP contribution in [0.15, 0.2) is 23.1 Å². The van der Waals surface area contributed by atoms with Crippen molar-refractivity contribution in [2.75, 3.05) is 11.5 Å². The number of nitrogens with zero attached hydrogens (tertiary/aromatic N) is 1. The minimum absolute atomic E-state index is 0.476. The quantitative estimate of drug-likeness (QED) is 0.558. The second-order valence-corrected chi connectivity index (χ2v) is 3.49. The number of nitriles is 1.